The standard InChI is InChI=1S/C19H16N2O2/c1-14(22)17-12-20-21(13-15-8-4-2-5-9-15)19(23)18(17)16-10-6-3-7-11-16/h2-12H,13H2,1H3. The number of carbonyl (C=O) groups is 1. The fourth-order valence-corrected chi connectivity index (χ4v) is 2.51. The Morgan fingerprint density at radius 2 is 1.61 bits per heavy atom. The molecule has 1 aromatic heterocycles. The molecule has 114 valence electrons. The van der Waals surface area contributed by atoms with Gasteiger partial charge in [-0.25, -0.2) is 4.68 Å². The van der Waals surface area contributed by atoms with Gasteiger partial charge in [0.25, 0.3) is 5.56 Å². The van der Waals surface area contributed by atoms with Crippen molar-refractivity contribution in [2.45, 2.75) is 13.5 Å². The van der Waals surface area contributed by atoms with Gasteiger partial charge in [0.2, 0.25) is 0 Å². The predicted octanol–water partition coefficient (Wildman–Crippen LogP) is 3.16. The van der Waals surface area contributed by atoms with Crippen molar-refractivity contribution >= 4 is 5.78 Å². The summed E-state index contributed by atoms with van der Waals surface area (Å²) in [5.41, 5.74) is 2.21. The lowest BCUT2D eigenvalue weighted by molar-refractivity contribution is 0.101. The van der Waals surface area contributed by atoms with Gasteiger partial charge >= 0.3 is 0 Å². The van der Waals surface area contributed by atoms with Crippen LogP contribution >= 0.6 is 0 Å². The molecule has 3 aromatic rings. The van der Waals surface area contributed by atoms with E-state index in [0.717, 1.165) is 11.1 Å². The molecule has 0 bridgehead atoms. The van der Waals surface area contributed by atoms with Crippen LogP contribution in [0, 0.1) is 0 Å². The summed E-state index contributed by atoms with van der Waals surface area (Å²) in [4.78, 5) is 24.7. The summed E-state index contributed by atoms with van der Waals surface area (Å²) in [6, 6.07) is 18.9. The van der Waals surface area contributed by atoms with E-state index in [2.05, 4.69) is 5.10 Å². The molecule has 2 aromatic carbocycles. The molecular formula is C19H16N2O2. The molecule has 0 spiro atoms. The quantitative estimate of drug-likeness (QED) is 0.696. The summed E-state index contributed by atoms with van der Waals surface area (Å²) in [5, 5.41) is 4.16. The fourth-order valence-electron chi connectivity index (χ4n) is 2.51. The summed E-state index contributed by atoms with van der Waals surface area (Å²) < 4.78 is 1.39. The molecule has 0 aliphatic rings. The number of aromatic nitrogens is 2. The van der Waals surface area contributed by atoms with Crippen molar-refractivity contribution in [3.05, 3.63) is 88.3 Å². The Hall–Kier alpha value is -3.01. The van der Waals surface area contributed by atoms with Gasteiger partial charge in [0, 0.05) is 0 Å². The number of rotatable bonds is 4. The minimum absolute atomic E-state index is 0.166. The summed E-state index contributed by atoms with van der Waals surface area (Å²) in [6.45, 7) is 1.82. The molecule has 0 amide bonds. The third kappa shape index (κ3) is 3.11. The van der Waals surface area contributed by atoms with Gasteiger partial charge < -0.3 is 0 Å². The van der Waals surface area contributed by atoms with Crippen molar-refractivity contribution < 1.29 is 4.79 Å². The molecular weight excluding hydrogens is 288 g/mol. The van der Waals surface area contributed by atoms with E-state index in [-0.39, 0.29) is 11.3 Å². The van der Waals surface area contributed by atoms with Crippen molar-refractivity contribution in [3.63, 3.8) is 0 Å². The topological polar surface area (TPSA) is 52.0 Å². The second-order valence-corrected chi connectivity index (χ2v) is 5.30. The van der Waals surface area contributed by atoms with Crippen molar-refractivity contribution in [2.24, 2.45) is 0 Å². The first-order valence-corrected chi connectivity index (χ1v) is 7.37. The van der Waals surface area contributed by atoms with Crippen molar-refractivity contribution in [3.8, 4) is 11.1 Å². The molecule has 0 fully saturated rings. The number of ketones is 1. The lowest BCUT2D eigenvalue weighted by atomic mass is 10.0. The SMILES string of the molecule is CC(=O)c1cnn(Cc2ccccc2)c(=O)c1-c1ccccc1. The molecule has 0 saturated heterocycles. The highest BCUT2D eigenvalue weighted by atomic mass is 16.1. The van der Waals surface area contributed by atoms with Crippen LogP contribution in [0.1, 0.15) is 22.8 Å². The van der Waals surface area contributed by atoms with Gasteiger partial charge in [-0.05, 0) is 18.1 Å². The van der Waals surface area contributed by atoms with Crippen LogP contribution in [-0.4, -0.2) is 15.6 Å². The fraction of sp³-hybridized carbons (Fsp3) is 0.105. The number of hydrogen-bond donors (Lipinski definition) is 0. The van der Waals surface area contributed by atoms with Crippen LogP contribution in [0.5, 0.6) is 0 Å². The summed E-state index contributed by atoms with van der Waals surface area (Å²) >= 11 is 0. The molecule has 0 aliphatic carbocycles. The molecule has 4 heteroatoms. The molecule has 0 aliphatic heterocycles. The van der Waals surface area contributed by atoms with Gasteiger partial charge in [0.1, 0.15) is 0 Å². The zero-order valence-electron chi connectivity index (χ0n) is 12.8. The molecule has 3 rings (SSSR count). The van der Waals surface area contributed by atoms with Crippen molar-refractivity contribution in [2.75, 3.05) is 0 Å². The molecule has 4 nitrogen and oxygen atoms in total. The average molecular weight is 304 g/mol. The Morgan fingerprint density at radius 1 is 1.00 bits per heavy atom. The van der Waals surface area contributed by atoms with E-state index in [1.165, 1.54) is 17.8 Å². The first kappa shape index (κ1) is 14.9. The first-order chi connectivity index (χ1) is 11.2. The van der Waals surface area contributed by atoms with Crippen molar-refractivity contribution in [1.82, 2.24) is 9.78 Å². The third-order valence-electron chi connectivity index (χ3n) is 3.66. The molecule has 0 saturated carbocycles. The lowest BCUT2D eigenvalue weighted by Crippen LogP contribution is -2.27. The maximum Gasteiger partial charge on any atom is 0.275 e. The van der Waals surface area contributed by atoms with E-state index >= 15 is 0 Å². The largest absolute Gasteiger partial charge is 0.294 e. The highest BCUT2D eigenvalue weighted by molar-refractivity contribution is 6.00. The van der Waals surface area contributed by atoms with E-state index < -0.39 is 0 Å². The maximum atomic E-state index is 12.8. The van der Waals surface area contributed by atoms with Crippen LogP contribution < -0.4 is 5.56 Å². The van der Waals surface area contributed by atoms with Crippen LogP contribution in [0.2, 0.25) is 0 Å². The number of carbonyl (C=O) groups excluding carboxylic acids is 1. The first-order valence-electron chi connectivity index (χ1n) is 7.37. The van der Waals surface area contributed by atoms with Gasteiger partial charge in [-0.2, -0.15) is 5.10 Å². The predicted molar refractivity (Wildman–Crippen MR) is 89.5 cm³/mol. The number of nitrogens with zero attached hydrogens (tertiary/aromatic N) is 2. The Bertz CT molecular complexity index is 884. The molecule has 0 atom stereocenters. The van der Waals surface area contributed by atoms with Crippen LogP contribution in [0.15, 0.2) is 71.7 Å². The molecule has 23 heavy (non-hydrogen) atoms. The van der Waals surface area contributed by atoms with Gasteiger partial charge in [0.05, 0.1) is 23.9 Å². The van der Waals surface area contributed by atoms with Gasteiger partial charge in [-0.15, -0.1) is 0 Å². The van der Waals surface area contributed by atoms with E-state index in [1.54, 1.807) is 0 Å². The average Bonchev–Trinajstić information content (AvgIpc) is 2.58. The third-order valence-corrected chi connectivity index (χ3v) is 3.66. The lowest BCUT2D eigenvalue weighted by Gasteiger charge is -2.10. The van der Waals surface area contributed by atoms with Gasteiger partial charge in [-0.3, -0.25) is 9.59 Å². The van der Waals surface area contributed by atoms with Crippen LogP contribution in [0.25, 0.3) is 11.1 Å². The van der Waals surface area contributed by atoms with Crippen LogP contribution in [0.3, 0.4) is 0 Å². The maximum absolute atomic E-state index is 12.8. The number of Topliss-reactive ketones (excluding diaryl/α,β-unsaturated/α-hetero) is 1. The second-order valence-electron chi connectivity index (χ2n) is 5.30. The van der Waals surface area contributed by atoms with Crippen LogP contribution in [-0.2, 0) is 6.54 Å². The van der Waals surface area contributed by atoms with Gasteiger partial charge in [0.15, 0.2) is 5.78 Å². The summed E-state index contributed by atoms with van der Waals surface area (Å²) in [6.07, 6.45) is 1.48. The second kappa shape index (κ2) is 6.40. The Kier molecular flexibility index (Phi) is 4.15. The smallest absolute Gasteiger partial charge is 0.275 e. The van der Waals surface area contributed by atoms with E-state index in [9.17, 15) is 9.59 Å². The summed E-state index contributed by atoms with van der Waals surface area (Å²) in [7, 11) is 0. The van der Waals surface area contributed by atoms with Crippen LogP contribution in [0.4, 0.5) is 0 Å². The van der Waals surface area contributed by atoms with E-state index in [0.29, 0.717) is 17.7 Å². The van der Waals surface area contributed by atoms with E-state index in [4.69, 9.17) is 0 Å². The zero-order valence-corrected chi connectivity index (χ0v) is 12.8. The highest BCUT2D eigenvalue weighted by Crippen LogP contribution is 2.19. The number of hydrogen-bond acceptors (Lipinski definition) is 3. The zero-order chi connectivity index (χ0) is 16.2. The molecule has 1 heterocycles. The minimum atomic E-state index is -0.257. The van der Waals surface area contributed by atoms with E-state index in [1.807, 2.05) is 60.7 Å². The molecule has 0 unspecified atom stereocenters. The minimum Gasteiger partial charge on any atom is -0.294 e. The molecule has 0 radical (unpaired) electrons. The molecule has 0 N–H and O–H groups in total. The summed E-state index contributed by atoms with van der Waals surface area (Å²) in [5.74, 6) is -0.166. The highest BCUT2D eigenvalue weighted by Gasteiger charge is 2.16. The Morgan fingerprint density at radius 3 is 2.22 bits per heavy atom. The monoisotopic (exact) mass is 304 g/mol. The number of benzene rings is 2. The Labute approximate surface area is 134 Å². The normalized spacial score (nSPS) is 10.5. The van der Waals surface area contributed by atoms with Gasteiger partial charge in [-0.1, -0.05) is 60.7 Å². The Balaban J connectivity index is 2.14. The van der Waals surface area contributed by atoms with Crippen molar-refractivity contribution in [1.29, 1.82) is 0 Å².